The molecule has 0 saturated heterocycles. The number of nitrogens with one attached hydrogen (secondary N) is 2. The summed E-state index contributed by atoms with van der Waals surface area (Å²) in [5.74, 6) is 5.93. The van der Waals surface area contributed by atoms with Gasteiger partial charge in [-0.05, 0) is 12.5 Å². The Hall–Kier alpha value is -2.42. The van der Waals surface area contributed by atoms with Gasteiger partial charge in [-0.15, -0.1) is 0 Å². The maximum absolute atomic E-state index is 5.26. The SMILES string of the molecule is COc1nc(NN)nc(NCCCn2cccn2)n1. The molecule has 4 N–H and O–H groups in total. The minimum atomic E-state index is 0.206. The van der Waals surface area contributed by atoms with Crippen molar-refractivity contribution >= 4 is 11.9 Å². The molecule has 2 aromatic rings. The lowest BCUT2D eigenvalue weighted by Crippen LogP contribution is -2.15. The number of aryl methyl sites for hydroxylation is 1. The summed E-state index contributed by atoms with van der Waals surface area (Å²) in [6, 6.07) is 2.10. The van der Waals surface area contributed by atoms with Crippen LogP contribution in [0.5, 0.6) is 6.01 Å². The van der Waals surface area contributed by atoms with Crippen LogP contribution in [0.4, 0.5) is 11.9 Å². The first-order valence-electron chi connectivity index (χ1n) is 5.80. The number of rotatable bonds is 7. The van der Waals surface area contributed by atoms with Gasteiger partial charge in [-0.25, -0.2) is 5.84 Å². The van der Waals surface area contributed by atoms with E-state index in [2.05, 4.69) is 30.8 Å². The average Bonchev–Trinajstić information content (AvgIpc) is 2.96. The number of methoxy groups -OCH3 is 1. The summed E-state index contributed by atoms with van der Waals surface area (Å²) in [5, 5.41) is 7.19. The summed E-state index contributed by atoms with van der Waals surface area (Å²) in [7, 11) is 1.48. The van der Waals surface area contributed by atoms with E-state index in [9.17, 15) is 0 Å². The summed E-state index contributed by atoms with van der Waals surface area (Å²) < 4.78 is 6.81. The van der Waals surface area contributed by atoms with E-state index in [1.54, 1.807) is 6.20 Å². The van der Waals surface area contributed by atoms with Gasteiger partial charge in [0.25, 0.3) is 0 Å². The molecule has 19 heavy (non-hydrogen) atoms. The summed E-state index contributed by atoms with van der Waals surface area (Å²) in [4.78, 5) is 12.0. The minimum Gasteiger partial charge on any atom is -0.467 e. The van der Waals surface area contributed by atoms with Crippen molar-refractivity contribution < 1.29 is 4.74 Å². The number of nitrogens with zero attached hydrogens (tertiary/aromatic N) is 5. The van der Waals surface area contributed by atoms with Crippen molar-refractivity contribution in [3.8, 4) is 6.01 Å². The molecule has 0 aliphatic heterocycles. The van der Waals surface area contributed by atoms with Crippen molar-refractivity contribution in [1.82, 2.24) is 24.7 Å². The van der Waals surface area contributed by atoms with Gasteiger partial charge in [0.05, 0.1) is 7.11 Å². The minimum absolute atomic E-state index is 0.206. The molecule has 0 spiro atoms. The number of hydrogen-bond acceptors (Lipinski definition) is 8. The van der Waals surface area contributed by atoms with E-state index in [1.807, 2.05) is 16.9 Å². The Kier molecular flexibility index (Phi) is 4.45. The predicted molar refractivity (Wildman–Crippen MR) is 69.5 cm³/mol. The molecule has 0 amide bonds. The van der Waals surface area contributed by atoms with Crippen LogP contribution in [0, 0.1) is 0 Å². The van der Waals surface area contributed by atoms with E-state index in [0.717, 1.165) is 13.0 Å². The monoisotopic (exact) mass is 264 g/mol. The molecule has 102 valence electrons. The highest BCUT2D eigenvalue weighted by Gasteiger charge is 2.05. The Morgan fingerprint density at radius 1 is 1.32 bits per heavy atom. The Balaban J connectivity index is 1.84. The standard InChI is InChI=1S/C10H16N8O/c1-19-10-15-8(14-9(16-10)17-11)12-4-2-6-18-7-3-5-13-18/h3,5,7H,2,4,6,11H2,1H3,(H2,12,14,15,16,17). The zero-order chi connectivity index (χ0) is 13.5. The van der Waals surface area contributed by atoms with E-state index >= 15 is 0 Å². The van der Waals surface area contributed by atoms with Gasteiger partial charge in [-0.1, -0.05) is 0 Å². The van der Waals surface area contributed by atoms with Gasteiger partial charge in [0.1, 0.15) is 0 Å². The van der Waals surface area contributed by atoms with Crippen molar-refractivity contribution in [3.05, 3.63) is 18.5 Å². The molecule has 0 aromatic carbocycles. The Labute approximate surface area is 110 Å². The Bertz CT molecular complexity index is 478. The summed E-state index contributed by atoms with van der Waals surface area (Å²) in [5.41, 5.74) is 2.36. The third-order valence-electron chi connectivity index (χ3n) is 2.33. The van der Waals surface area contributed by atoms with Crippen molar-refractivity contribution in [2.45, 2.75) is 13.0 Å². The summed E-state index contributed by atoms with van der Waals surface area (Å²) >= 11 is 0. The predicted octanol–water partition coefficient (Wildman–Crippen LogP) is -0.136. The van der Waals surface area contributed by atoms with Crippen LogP contribution >= 0.6 is 0 Å². The first kappa shape index (κ1) is 13.0. The molecule has 2 aromatic heterocycles. The van der Waals surface area contributed by atoms with Gasteiger partial charge < -0.3 is 10.1 Å². The highest BCUT2D eigenvalue weighted by molar-refractivity contribution is 5.34. The number of ether oxygens (including phenoxy) is 1. The molecule has 0 atom stereocenters. The van der Waals surface area contributed by atoms with Crippen molar-refractivity contribution in [3.63, 3.8) is 0 Å². The smallest absolute Gasteiger partial charge is 0.322 e. The highest BCUT2D eigenvalue weighted by Crippen LogP contribution is 2.09. The topological polar surface area (TPSA) is 116 Å². The highest BCUT2D eigenvalue weighted by atomic mass is 16.5. The molecule has 0 unspecified atom stereocenters. The maximum Gasteiger partial charge on any atom is 0.322 e. The average molecular weight is 264 g/mol. The molecule has 0 bridgehead atoms. The van der Waals surface area contributed by atoms with E-state index in [4.69, 9.17) is 10.6 Å². The molecule has 0 saturated carbocycles. The van der Waals surface area contributed by atoms with Crippen LogP contribution in [0.3, 0.4) is 0 Å². The van der Waals surface area contributed by atoms with Gasteiger partial charge in [-0.2, -0.15) is 20.1 Å². The lowest BCUT2D eigenvalue weighted by atomic mass is 10.4. The van der Waals surface area contributed by atoms with Gasteiger partial charge in [0.2, 0.25) is 11.9 Å². The zero-order valence-corrected chi connectivity index (χ0v) is 10.6. The number of hydrogen-bond donors (Lipinski definition) is 3. The first-order valence-corrected chi connectivity index (χ1v) is 5.80. The Morgan fingerprint density at radius 3 is 2.84 bits per heavy atom. The van der Waals surface area contributed by atoms with Gasteiger partial charge >= 0.3 is 6.01 Å². The fourth-order valence-electron chi connectivity index (χ4n) is 1.47. The summed E-state index contributed by atoms with van der Waals surface area (Å²) in [6.45, 7) is 1.53. The second-order valence-electron chi connectivity index (χ2n) is 3.66. The van der Waals surface area contributed by atoms with Crippen LogP contribution in [0.1, 0.15) is 6.42 Å². The molecule has 0 aliphatic carbocycles. The number of nitrogens with two attached hydrogens (primary N) is 1. The molecule has 0 radical (unpaired) electrons. The number of hydrazine groups is 1. The van der Waals surface area contributed by atoms with E-state index in [0.29, 0.717) is 12.5 Å². The quantitative estimate of drug-likeness (QED) is 0.359. The van der Waals surface area contributed by atoms with E-state index in [1.165, 1.54) is 7.11 Å². The third-order valence-corrected chi connectivity index (χ3v) is 2.33. The van der Waals surface area contributed by atoms with Crippen LogP contribution in [0.2, 0.25) is 0 Å². The number of nitrogen functional groups attached to an aromatic ring is 1. The van der Waals surface area contributed by atoms with Crippen LogP contribution in [-0.2, 0) is 6.54 Å². The van der Waals surface area contributed by atoms with Gasteiger partial charge in [0.15, 0.2) is 0 Å². The fraction of sp³-hybridized carbons (Fsp3) is 0.400. The first-order chi connectivity index (χ1) is 9.31. The fourth-order valence-corrected chi connectivity index (χ4v) is 1.47. The normalized spacial score (nSPS) is 10.2. The molecule has 0 fully saturated rings. The van der Waals surface area contributed by atoms with Gasteiger partial charge in [0, 0.05) is 25.5 Å². The number of aromatic nitrogens is 5. The van der Waals surface area contributed by atoms with E-state index < -0.39 is 0 Å². The van der Waals surface area contributed by atoms with E-state index in [-0.39, 0.29) is 12.0 Å². The van der Waals surface area contributed by atoms with Crippen molar-refractivity contribution in [1.29, 1.82) is 0 Å². The molecule has 2 rings (SSSR count). The third kappa shape index (κ3) is 3.78. The number of anilines is 2. The van der Waals surface area contributed by atoms with Crippen LogP contribution in [0.25, 0.3) is 0 Å². The Morgan fingerprint density at radius 2 is 2.16 bits per heavy atom. The largest absolute Gasteiger partial charge is 0.467 e. The van der Waals surface area contributed by atoms with Crippen LogP contribution in [0.15, 0.2) is 18.5 Å². The molecule has 0 aliphatic rings. The van der Waals surface area contributed by atoms with Crippen LogP contribution in [-0.4, -0.2) is 38.4 Å². The van der Waals surface area contributed by atoms with Crippen LogP contribution < -0.4 is 21.3 Å². The lowest BCUT2D eigenvalue weighted by molar-refractivity contribution is 0.379. The lowest BCUT2D eigenvalue weighted by Gasteiger charge is -2.07. The molecule has 9 heteroatoms. The maximum atomic E-state index is 5.26. The van der Waals surface area contributed by atoms with Crippen molar-refractivity contribution in [2.24, 2.45) is 5.84 Å². The molecule has 2 heterocycles. The zero-order valence-electron chi connectivity index (χ0n) is 10.6. The van der Waals surface area contributed by atoms with Crippen molar-refractivity contribution in [2.75, 3.05) is 24.4 Å². The molecular formula is C10H16N8O. The molecule has 9 nitrogen and oxygen atoms in total. The molecular weight excluding hydrogens is 248 g/mol. The summed E-state index contributed by atoms with van der Waals surface area (Å²) in [6.07, 6.45) is 4.56. The second-order valence-corrected chi connectivity index (χ2v) is 3.66. The second kappa shape index (κ2) is 6.50. The van der Waals surface area contributed by atoms with Gasteiger partial charge in [-0.3, -0.25) is 10.1 Å².